The summed E-state index contributed by atoms with van der Waals surface area (Å²) < 4.78 is 4.57. The van der Waals surface area contributed by atoms with Crippen molar-refractivity contribution in [1.82, 2.24) is 14.7 Å². The molecule has 1 saturated carbocycles. The molecule has 2 saturated heterocycles. The van der Waals surface area contributed by atoms with Gasteiger partial charge >= 0.3 is 12.0 Å². The number of anilines is 1. The van der Waals surface area contributed by atoms with Crippen LogP contribution in [0.15, 0.2) is 24.3 Å². The molecule has 0 unspecified atom stereocenters. The van der Waals surface area contributed by atoms with Gasteiger partial charge in [-0.15, -0.1) is 0 Å². The lowest BCUT2D eigenvalue weighted by atomic mass is 9.94. The minimum atomic E-state index is -0.477. The van der Waals surface area contributed by atoms with Crippen LogP contribution in [0.1, 0.15) is 39.0 Å². The molecule has 4 rings (SSSR count). The van der Waals surface area contributed by atoms with Gasteiger partial charge in [0.25, 0.3) is 0 Å². The second-order valence-electron chi connectivity index (χ2n) is 9.00. The second kappa shape index (κ2) is 11.7. The molecule has 1 aliphatic carbocycles. The SMILES string of the molecule is CCN1CCC2(CC1)CC2.COC(=O)CN1CCN(C(=O)Nc2cccc(Cl)c2)CCC1=O. The van der Waals surface area contributed by atoms with Crippen molar-refractivity contribution in [3.63, 3.8) is 0 Å². The number of urea groups is 1. The highest BCUT2D eigenvalue weighted by atomic mass is 35.5. The first-order valence-corrected chi connectivity index (χ1v) is 12.1. The summed E-state index contributed by atoms with van der Waals surface area (Å²) in [6, 6.07) is 6.52. The molecular formula is C24H35ClN4O4. The van der Waals surface area contributed by atoms with E-state index >= 15 is 0 Å². The fourth-order valence-corrected chi connectivity index (χ4v) is 4.44. The van der Waals surface area contributed by atoms with Crippen molar-refractivity contribution in [2.24, 2.45) is 5.41 Å². The van der Waals surface area contributed by atoms with E-state index in [1.165, 1.54) is 62.2 Å². The average Bonchev–Trinajstić information content (AvgIpc) is 3.59. The molecule has 1 aromatic rings. The van der Waals surface area contributed by atoms with Crippen molar-refractivity contribution < 1.29 is 19.1 Å². The number of rotatable bonds is 4. The van der Waals surface area contributed by atoms with Gasteiger partial charge in [0.2, 0.25) is 5.91 Å². The van der Waals surface area contributed by atoms with E-state index in [4.69, 9.17) is 11.6 Å². The van der Waals surface area contributed by atoms with Crippen LogP contribution >= 0.6 is 11.6 Å². The number of halogens is 1. The van der Waals surface area contributed by atoms with Gasteiger partial charge < -0.3 is 24.8 Å². The summed E-state index contributed by atoms with van der Waals surface area (Å²) in [5.41, 5.74) is 1.45. The van der Waals surface area contributed by atoms with Crippen LogP contribution in [0.5, 0.6) is 0 Å². The molecule has 0 atom stereocenters. The van der Waals surface area contributed by atoms with Crippen LogP contribution in [-0.2, 0) is 14.3 Å². The summed E-state index contributed by atoms with van der Waals surface area (Å²) in [6.07, 6.45) is 6.21. The Morgan fingerprint density at radius 1 is 1.09 bits per heavy atom. The fourth-order valence-electron chi connectivity index (χ4n) is 4.25. The maximum absolute atomic E-state index is 12.3. The Kier molecular flexibility index (Phi) is 8.97. The van der Waals surface area contributed by atoms with Gasteiger partial charge in [-0.3, -0.25) is 9.59 Å². The molecule has 3 amide bonds. The Bertz CT molecular complexity index is 836. The number of amides is 3. The molecule has 9 heteroatoms. The van der Waals surface area contributed by atoms with Crippen molar-refractivity contribution in [1.29, 1.82) is 0 Å². The first-order valence-electron chi connectivity index (χ1n) is 11.7. The van der Waals surface area contributed by atoms with E-state index in [1.807, 2.05) is 0 Å². The molecular weight excluding hydrogens is 444 g/mol. The number of hydrogen-bond acceptors (Lipinski definition) is 5. The molecule has 0 radical (unpaired) electrons. The Morgan fingerprint density at radius 2 is 1.82 bits per heavy atom. The van der Waals surface area contributed by atoms with Crippen LogP contribution in [0.25, 0.3) is 0 Å². The van der Waals surface area contributed by atoms with Crippen molar-refractivity contribution in [2.75, 3.05) is 58.2 Å². The van der Waals surface area contributed by atoms with E-state index in [-0.39, 0.29) is 31.4 Å². The standard InChI is InChI=1S/C15H18ClN3O4.C9H17N/c1-23-14(21)10-19-8-7-18(6-5-13(19)20)15(22)17-12-4-2-3-11(16)9-12;1-2-10-7-5-9(3-4-9)6-8-10/h2-4,9H,5-8,10H2,1H3,(H,17,22);2-8H2,1H3. The number of carbonyl (C=O) groups excluding carboxylic acids is 3. The van der Waals surface area contributed by atoms with E-state index in [2.05, 4.69) is 21.9 Å². The molecule has 3 fully saturated rings. The molecule has 1 N–H and O–H groups in total. The number of benzene rings is 1. The number of likely N-dealkylation sites (tertiary alicyclic amines) is 1. The van der Waals surface area contributed by atoms with Crippen LogP contribution in [0.4, 0.5) is 10.5 Å². The summed E-state index contributed by atoms with van der Waals surface area (Å²) in [4.78, 5) is 41.1. The molecule has 0 aromatic heterocycles. The summed E-state index contributed by atoms with van der Waals surface area (Å²) >= 11 is 5.88. The molecule has 8 nitrogen and oxygen atoms in total. The van der Waals surface area contributed by atoms with Crippen LogP contribution in [-0.4, -0.2) is 85.5 Å². The van der Waals surface area contributed by atoms with Crippen LogP contribution in [0.2, 0.25) is 5.02 Å². The highest BCUT2D eigenvalue weighted by Crippen LogP contribution is 2.53. The lowest BCUT2D eigenvalue weighted by Gasteiger charge is -2.30. The van der Waals surface area contributed by atoms with Gasteiger partial charge in [-0.1, -0.05) is 24.6 Å². The number of nitrogens with zero attached hydrogens (tertiary/aromatic N) is 3. The number of methoxy groups -OCH3 is 1. The number of hydrogen-bond donors (Lipinski definition) is 1. The minimum absolute atomic E-state index is 0.0981. The molecule has 182 valence electrons. The van der Waals surface area contributed by atoms with Gasteiger partial charge in [0.15, 0.2) is 0 Å². The third-order valence-electron chi connectivity index (χ3n) is 6.82. The van der Waals surface area contributed by atoms with Crippen molar-refractivity contribution >= 4 is 35.2 Å². The van der Waals surface area contributed by atoms with E-state index in [9.17, 15) is 14.4 Å². The number of esters is 1. The molecule has 2 heterocycles. The van der Waals surface area contributed by atoms with E-state index < -0.39 is 5.97 Å². The van der Waals surface area contributed by atoms with E-state index in [0.29, 0.717) is 23.8 Å². The first-order chi connectivity index (χ1) is 15.8. The average molecular weight is 479 g/mol. The number of nitrogens with one attached hydrogen (secondary N) is 1. The largest absolute Gasteiger partial charge is 0.468 e. The monoisotopic (exact) mass is 478 g/mol. The first kappa shape index (κ1) is 25.3. The van der Waals surface area contributed by atoms with Crippen molar-refractivity contribution in [3.8, 4) is 0 Å². The molecule has 3 aliphatic rings. The van der Waals surface area contributed by atoms with E-state index in [0.717, 1.165) is 5.41 Å². The quantitative estimate of drug-likeness (QED) is 0.670. The summed E-state index contributed by atoms with van der Waals surface area (Å²) in [7, 11) is 1.27. The van der Waals surface area contributed by atoms with Gasteiger partial charge in [0, 0.05) is 36.8 Å². The van der Waals surface area contributed by atoms with Crippen LogP contribution in [0.3, 0.4) is 0 Å². The van der Waals surface area contributed by atoms with Crippen LogP contribution < -0.4 is 5.32 Å². The number of ether oxygens (including phenoxy) is 1. The molecule has 2 aliphatic heterocycles. The zero-order valence-electron chi connectivity index (χ0n) is 19.6. The predicted molar refractivity (Wildman–Crippen MR) is 128 cm³/mol. The Balaban J connectivity index is 0.000000252. The van der Waals surface area contributed by atoms with Crippen molar-refractivity contribution in [2.45, 2.75) is 39.0 Å². The lowest BCUT2D eigenvalue weighted by molar-refractivity contribution is -0.146. The second-order valence-corrected chi connectivity index (χ2v) is 9.44. The van der Waals surface area contributed by atoms with Crippen LogP contribution in [0, 0.1) is 5.41 Å². The van der Waals surface area contributed by atoms with Gasteiger partial charge in [-0.05, 0) is 68.9 Å². The summed E-state index contributed by atoms with van der Waals surface area (Å²) in [5.74, 6) is -0.649. The van der Waals surface area contributed by atoms with Gasteiger partial charge in [-0.25, -0.2) is 4.79 Å². The fraction of sp³-hybridized carbons (Fsp3) is 0.625. The Hall–Kier alpha value is -2.32. The summed E-state index contributed by atoms with van der Waals surface area (Å²) in [5, 5.41) is 3.27. The third kappa shape index (κ3) is 7.61. The lowest BCUT2D eigenvalue weighted by Crippen LogP contribution is -2.39. The highest BCUT2D eigenvalue weighted by Gasteiger charge is 2.43. The Labute approximate surface area is 201 Å². The van der Waals surface area contributed by atoms with E-state index in [1.54, 1.807) is 24.3 Å². The van der Waals surface area contributed by atoms with Gasteiger partial charge in [0.1, 0.15) is 6.54 Å². The molecule has 0 bridgehead atoms. The molecule has 1 aromatic carbocycles. The Morgan fingerprint density at radius 3 is 2.42 bits per heavy atom. The smallest absolute Gasteiger partial charge is 0.325 e. The number of piperidine rings is 1. The number of carbonyl (C=O) groups is 3. The minimum Gasteiger partial charge on any atom is -0.468 e. The van der Waals surface area contributed by atoms with Gasteiger partial charge in [-0.2, -0.15) is 0 Å². The summed E-state index contributed by atoms with van der Waals surface area (Å²) in [6.45, 7) is 7.10. The third-order valence-corrected chi connectivity index (χ3v) is 7.05. The maximum atomic E-state index is 12.3. The van der Waals surface area contributed by atoms with Gasteiger partial charge in [0.05, 0.1) is 7.11 Å². The molecule has 1 spiro atoms. The maximum Gasteiger partial charge on any atom is 0.325 e. The zero-order valence-corrected chi connectivity index (χ0v) is 20.4. The topological polar surface area (TPSA) is 82.2 Å². The highest BCUT2D eigenvalue weighted by molar-refractivity contribution is 6.30. The normalized spacial score (nSPS) is 19.9. The predicted octanol–water partition coefficient (Wildman–Crippen LogP) is 3.46. The zero-order chi connectivity index (χ0) is 23.8. The van der Waals surface area contributed by atoms with Crippen molar-refractivity contribution in [3.05, 3.63) is 29.3 Å². The molecule has 33 heavy (non-hydrogen) atoms.